The SMILES string of the molecule is CCCC(NCC(=O)N1CCC(C2CCN(C)CC2)CC1)C(=O)c1ccc2cc[nH]c2c1. The molecule has 0 radical (unpaired) electrons. The number of amides is 1. The van der Waals surface area contributed by atoms with Gasteiger partial charge in [0.25, 0.3) is 0 Å². The first-order chi connectivity index (χ1) is 15.5. The van der Waals surface area contributed by atoms with Gasteiger partial charge in [0.1, 0.15) is 0 Å². The maximum Gasteiger partial charge on any atom is 0.236 e. The molecule has 3 heterocycles. The van der Waals surface area contributed by atoms with E-state index in [1.165, 1.54) is 25.9 Å². The fourth-order valence-electron chi connectivity index (χ4n) is 5.46. The number of likely N-dealkylation sites (tertiary alicyclic amines) is 2. The minimum atomic E-state index is -0.326. The maximum atomic E-state index is 13.1. The number of piperidine rings is 2. The number of benzene rings is 1. The minimum Gasteiger partial charge on any atom is -0.361 e. The molecule has 6 heteroatoms. The Bertz CT molecular complexity index is 907. The number of hydrogen-bond acceptors (Lipinski definition) is 4. The highest BCUT2D eigenvalue weighted by Crippen LogP contribution is 2.32. The van der Waals surface area contributed by atoms with E-state index >= 15 is 0 Å². The third-order valence-corrected chi connectivity index (χ3v) is 7.56. The van der Waals surface area contributed by atoms with Crippen molar-refractivity contribution >= 4 is 22.6 Å². The molecule has 0 bridgehead atoms. The average molecular weight is 439 g/mol. The number of aromatic nitrogens is 1. The number of nitrogens with one attached hydrogen (secondary N) is 2. The third-order valence-electron chi connectivity index (χ3n) is 7.56. The molecule has 1 aromatic carbocycles. The first kappa shape index (κ1) is 23.0. The van der Waals surface area contributed by atoms with Gasteiger partial charge in [-0.15, -0.1) is 0 Å². The van der Waals surface area contributed by atoms with Gasteiger partial charge in [-0.25, -0.2) is 0 Å². The molecule has 6 nitrogen and oxygen atoms in total. The van der Waals surface area contributed by atoms with Crippen LogP contribution in [0.4, 0.5) is 0 Å². The lowest BCUT2D eigenvalue weighted by atomic mass is 9.79. The summed E-state index contributed by atoms with van der Waals surface area (Å²) in [5.41, 5.74) is 1.66. The molecular weight excluding hydrogens is 400 g/mol. The van der Waals surface area contributed by atoms with Crippen LogP contribution in [0, 0.1) is 11.8 Å². The van der Waals surface area contributed by atoms with Crippen molar-refractivity contribution in [3.63, 3.8) is 0 Å². The Kier molecular flexibility index (Phi) is 7.63. The van der Waals surface area contributed by atoms with Crippen LogP contribution in [-0.4, -0.2) is 72.3 Å². The molecule has 2 saturated heterocycles. The van der Waals surface area contributed by atoms with E-state index in [1.807, 2.05) is 35.4 Å². The van der Waals surface area contributed by atoms with Gasteiger partial charge in [-0.2, -0.15) is 0 Å². The van der Waals surface area contributed by atoms with Crippen LogP contribution in [0.15, 0.2) is 30.5 Å². The zero-order valence-corrected chi connectivity index (χ0v) is 19.6. The topological polar surface area (TPSA) is 68.4 Å². The third kappa shape index (κ3) is 5.41. The Morgan fingerprint density at radius 1 is 1.06 bits per heavy atom. The van der Waals surface area contributed by atoms with Crippen LogP contribution in [-0.2, 0) is 4.79 Å². The summed E-state index contributed by atoms with van der Waals surface area (Å²) < 4.78 is 0. The van der Waals surface area contributed by atoms with E-state index < -0.39 is 0 Å². The summed E-state index contributed by atoms with van der Waals surface area (Å²) in [6.07, 6.45) is 8.34. The fourth-order valence-corrected chi connectivity index (χ4v) is 5.46. The van der Waals surface area contributed by atoms with Gasteiger partial charge in [0.15, 0.2) is 5.78 Å². The quantitative estimate of drug-likeness (QED) is 0.617. The molecule has 2 fully saturated rings. The van der Waals surface area contributed by atoms with Gasteiger partial charge in [0.2, 0.25) is 5.91 Å². The van der Waals surface area contributed by atoms with Crippen molar-refractivity contribution in [2.45, 2.75) is 51.5 Å². The smallest absolute Gasteiger partial charge is 0.236 e. The Hall–Kier alpha value is -2.18. The number of nitrogens with zero attached hydrogens (tertiary/aromatic N) is 2. The molecule has 4 rings (SSSR count). The number of H-pyrrole nitrogens is 1. The standard InChI is InChI=1S/C26H38N4O2/c1-3-4-23(26(32)22-6-5-21-7-12-27-24(21)17-22)28-18-25(31)30-15-10-20(11-16-30)19-8-13-29(2)14-9-19/h5-7,12,17,19-20,23,27-28H,3-4,8-11,13-16,18H2,1-2H3. The molecule has 1 atom stereocenters. The molecule has 0 saturated carbocycles. The van der Waals surface area contributed by atoms with Gasteiger partial charge in [-0.1, -0.05) is 25.5 Å². The normalized spacial score (nSPS) is 20.0. The maximum absolute atomic E-state index is 13.1. The van der Waals surface area contributed by atoms with Crippen molar-refractivity contribution in [2.75, 3.05) is 39.8 Å². The van der Waals surface area contributed by atoms with Crippen molar-refractivity contribution in [3.8, 4) is 0 Å². The fraction of sp³-hybridized carbons (Fsp3) is 0.615. The lowest BCUT2D eigenvalue weighted by Gasteiger charge is -2.39. The van der Waals surface area contributed by atoms with Crippen molar-refractivity contribution in [1.82, 2.24) is 20.1 Å². The summed E-state index contributed by atoms with van der Waals surface area (Å²) in [7, 11) is 2.21. The highest BCUT2D eigenvalue weighted by molar-refractivity contribution is 6.02. The van der Waals surface area contributed by atoms with E-state index in [1.54, 1.807) is 0 Å². The number of fused-ring (bicyclic) bond motifs is 1. The number of rotatable bonds is 8. The van der Waals surface area contributed by atoms with E-state index in [2.05, 4.69) is 29.2 Å². The van der Waals surface area contributed by atoms with Crippen LogP contribution in [0.5, 0.6) is 0 Å². The summed E-state index contributed by atoms with van der Waals surface area (Å²) in [6, 6.07) is 7.45. The van der Waals surface area contributed by atoms with Crippen molar-refractivity contribution in [3.05, 3.63) is 36.0 Å². The van der Waals surface area contributed by atoms with E-state index in [0.717, 1.165) is 61.5 Å². The minimum absolute atomic E-state index is 0.0668. The highest BCUT2D eigenvalue weighted by Gasteiger charge is 2.30. The molecule has 32 heavy (non-hydrogen) atoms. The summed E-state index contributed by atoms with van der Waals surface area (Å²) in [5.74, 6) is 1.78. The van der Waals surface area contributed by atoms with E-state index in [0.29, 0.717) is 5.56 Å². The van der Waals surface area contributed by atoms with Crippen LogP contribution in [0.25, 0.3) is 10.9 Å². The second kappa shape index (κ2) is 10.6. The zero-order chi connectivity index (χ0) is 22.5. The van der Waals surface area contributed by atoms with Crippen LogP contribution in [0.3, 0.4) is 0 Å². The number of carbonyl (C=O) groups excluding carboxylic acids is 2. The van der Waals surface area contributed by atoms with E-state index in [9.17, 15) is 9.59 Å². The molecule has 0 aliphatic carbocycles. The Morgan fingerprint density at radius 3 is 2.44 bits per heavy atom. The lowest BCUT2D eigenvalue weighted by molar-refractivity contribution is -0.132. The monoisotopic (exact) mass is 438 g/mol. The summed E-state index contributed by atoms with van der Waals surface area (Å²) in [5, 5.41) is 4.38. The Morgan fingerprint density at radius 2 is 1.75 bits per heavy atom. The van der Waals surface area contributed by atoms with Gasteiger partial charge in [0, 0.05) is 30.4 Å². The Balaban J connectivity index is 1.28. The molecule has 1 aromatic heterocycles. The average Bonchev–Trinajstić information content (AvgIpc) is 3.30. The molecule has 2 N–H and O–H groups in total. The first-order valence-electron chi connectivity index (χ1n) is 12.4. The predicted molar refractivity (Wildman–Crippen MR) is 129 cm³/mol. The molecule has 0 spiro atoms. The number of Topliss-reactive ketones (excluding diaryl/α,β-unsaturated/α-hetero) is 1. The molecular formula is C26H38N4O2. The van der Waals surface area contributed by atoms with Crippen molar-refractivity contribution < 1.29 is 9.59 Å². The van der Waals surface area contributed by atoms with Gasteiger partial charge in [0.05, 0.1) is 12.6 Å². The first-order valence-corrected chi connectivity index (χ1v) is 12.4. The summed E-state index contributed by atoms with van der Waals surface area (Å²) in [6.45, 7) is 6.43. The van der Waals surface area contributed by atoms with Crippen molar-refractivity contribution in [2.24, 2.45) is 11.8 Å². The molecule has 2 aliphatic rings. The molecule has 1 amide bonds. The largest absolute Gasteiger partial charge is 0.361 e. The Labute approximate surface area is 191 Å². The zero-order valence-electron chi connectivity index (χ0n) is 19.6. The van der Waals surface area contributed by atoms with Crippen LogP contribution in [0.1, 0.15) is 55.8 Å². The second-order valence-electron chi connectivity index (χ2n) is 9.73. The number of hydrogen-bond donors (Lipinski definition) is 2. The van der Waals surface area contributed by atoms with Gasteiger partial charge in [-0.3, -0.25) is 14.9 Å². The van der Waals surface area contributed by atoms with Gasteiger partial charge in [-0.05, 0) is 81.6 Å². The summed E-state index contributed by atoms with van der Waals surface area (Å²) >= 11 is 0. The van der Waals surface area contributed by atoms with Crippen molar-refractivity contribution in [1.29, 1.82) is 0 Å². The van der Waals surface area contributed by atoms with Crippen LogP contribution < -0.4 is 5.32 Å². The second-order valence-corrected chi connectivity index (χ2v) is 9.73. The molecule has 2 aromatic rings. The lowest BCUT2D eigenvalue weighted by Crippen LogP contribution is -2.47. The number of ketones is 1. The van der Waals surface area contributed by atoms with E-state index in [4.69, 9.17) is 0 Å². The summed E-state index contributed by atoms with van der Waals surface area (Å²) in [4.78, 5) is 33.6. The number of carbonyl (C=O) groups is 2. The van der Waals surface area contributed by atoms with E-state index in [-0.39, 0.29) is 24.3 Å². The molecule has 2 aliphatic heterocycles. The van der Waals surface area contributed by atoms with Gasteiger partial charge < -0.3 is 14.8 Å². The molecule has 1 unspecified atom stereocenters. The van der Waals surface area contributed by atoms with Crippen LogP contribution in [0.2, 0.25) is 0 Å². The number of aromatic amines is 1. The van der Waals surface area contributed by atoms with Crippen LogP contribution >= 0.6 is 0 Å². The predicted octanol–water partition coefficient (Wildman–Crippen LogP) is 3.69. The molecule has 174 valence electrons. The highest BCUT2D eigenvalue weighted by atomic mass is 16.2. The van der Waals surface area contributed by atoms with Gasteiger partial charge >= 0.3 is 0 Å².